The van der Waals surface area contributed by atoms with Gasteiger partial charge in [0.15, 0.2) is 0 Å². The topological polar surface area (TPSA) is 71.1 Å². The Morgan fingerprint density at radius 2 is 1.71 bits per heavy atom. The largest absolute Gasteiger partial charge is 0.446 e. The highest BCUT2D eigenvalue weighted by Crippen LogP contribution is 2.15. The van der Waals surface area contributed by atoms with Gasteiger partial charge in [-0.3, -0.25) is 0 Å². The Balaban J connectivity index is 1.68. The van der Waals surface area contributed by atoms with Crippen molar-refractivity contribution in [3.63, 3.8) is 0 Å². The lowest BCUT2D eigenvalue weighted by Gasteiger charge is -2.34. The van der Waals surface area contributed by atoms with Gasteiger partial charge in [-0.1, -0.05) is 13.8 Å². The van der Waals surface area contributed by atoms with Crippen LogP contribution in [-0.4, -0.2) is 73.5 Å². The SMILES string of the molecule is CC(C)C[C@H](C)OC(=O)N1CCC(NC(=O)N2CCOCC2)CC1. The van der Waals surface area contributed by atoms with Gasteiger partial charge in [0.05, 0.1) is 13.2 Å². The van der Waals surface area contributed by atoms with E-state index in [0.717, 1.165) is 19.3 Å². The molecule has 2 aliphatic heterocycles. The Bertz CT molecular complexity index is 416. The van der Waals surface area contributed by atoms with E-state index in [1.807, 2.05) is 6.92 Å². The molecule has 0 radical (unpaired) electrons. The smallest absolute Gasteiger partial charge is 0.410 e. The van der Waals surface area contributed by atoms with Gasteiger partial charge in [0, 0.05) is 32.2 Å². The van der Waals surface area contributed by atoms with Crippen LogP contribution in [0.1, 0.15) is 40.0 Å². The molecular weight excluding hydrogens is 310 g/mol. The summed E-state index contributed by atoms with van der Waals surface area (Å²) in [5.41, 5.74) is 0. The minimum absolute atomic E-state index is 0.0233. The zero-order valence-electron chi connectivity index (χ0n) is 15.1. The Hall–Kier alpha value is -1.50. The van der Waals surface area contributed by atoms with E-state index in [4.69, 9.17) is 9.47 Å². The van der Waals surface area contributed by atoms with Gasteiger partial charge in [0.2, 0.25) is 0 Å². The molecule has 7 heteroatoms. The number of ether oxygens (including phenoxy) is 2. The van der Waals surface area contributed by atoms with Gasteiger partial charge in [0.25, 0.3) is 0 Å². The zero-order valence-corrected chi connectivity index (χ0v) is 15.1. The molecule has 2 rings (SSSR count). The fourth-order valence-corrected chi connectivity index (χ4v) is 3.20. The lowest BCUT2D eigenvalue weighted by molar-refractivity contribution is 0.0481. The molecule has 0 aliphatic carbocycles. The van der Waals surface area contributed by atoms with Crippen LogP contribution in [0.25, 0.3) is 0 Å². The average Bonchev–Trinajstić information content (AvgIpc) is 2.55. The number of urea groups is 1. The quantitative estimate of drug-likeness (QED) is 0.850. The molecule has 138 valence electrons. The normalized spacial score (nSPS) is 20.8. The van der Waals surface area contributed by atoms with Crippen molar-refractivity contribution in [1.29, 1.82) is 0 Å². The van der Waals surface area contributed by atoms with Crippen molar-refractivity contribution in [2.24, 2.45) is 5.92 Å². The predicted octanol–water partition coefficient (Wildman–Crippen LogP) is 2.06. The number of carbonyl (C=O) groups excluding carboxylic acids is 2. The second kappa shape index (κ2) is 9.11. The first-order chi connectivity index (χ1) is 11.5. The lowest BCUT2D eigenvalue weighted by Crippen LogP contribution is -2.52. The van der Waals surface area contributed by atoms with Crippen LogP contribution in [0.3, 0.4) is 0 Å². The third-order valence-electron chi connectivity index (χ3n) is 4.48. The summed E-state index contributed by atoms with van der Waals surface area (Å²) in [5.74, 6) is 0.508. The van der Waals surface area contributed by atoms with Crippen LogP contribution in [0.15, 0.2) is 0 Å². The van der Waals surface area contributed by atoms with Crippen molar-refractivity contribution >= 4 is 12.1 Å². The van der Waals surface area contributed by atoms with Crippen LogP contribution in [0, 0.1) is 5.92 Å². The number of amides is 3. The molecule has 0 bridgehead atoms. The van der Waals surface area contributed by atoms with E-state index in [2.05, 4.69) is 19.2 Å². The Kier molecular flexibility index (Phi) is 7.15. The maximum atomic E-state index is 12.2. The molecule has 2 fully saturated rings. The average molecular weight is 341 g/mol. The van der Waals surface area contributed by atoms with Crippen LogP contribution < -0.4 is 5.32 Å². The number of carbonyl (C=O) groups is 2. The van der Waals surface area contributed by atoms with Gasteiger partial charge < -0.3 is 24.6 Å². The summed E-state index contributed by atoms with van der Waals surface area (Å²) in [7, 11) is 0. The predicted molar refractivity (Wildman–Crippen MR) is 90.9 cm³/mol. The van der Waals surface area contributed by atoms with Crippen LogP contribution in [0.4, 0.5) is 9.59 Å². The molecule has 0 saturated carbocycles. The van der Waals surface area contributed by atoms with Crippen LogP contribution >= 0.6 is 0 Å². The molecule has 24 heavy (non-hydrogen) atoms. The van der Waals surface area contributed by atoms with Crippen molar-refractivity contribution in [2.45, 2.75) is 52.2 Å². The fourth-order valence-electron chi connectivity index (χ4n) is 3.20. The van der Waals surface area contributed by atoms with Crippen LogP contribution in [0.2, 0.25) is 0 Å². The lowest BCUT2D eigenvalue weighted by atomic mass is 10.1. The van der Waals surface area contributed by atoms with E-state index in [0.29, 0.717) is 45.3 Å². The number of likely N-dealkylation sites (tertiary alicyclic amines) is 1. The molecule has 0 spiro atoms. The fraction of sp³-hybridized carbons (Fsp3) is 0.882. The van der Waals surface area contributed by atoms with Gasteiger partial charge in [-0.05, 0) is 32.1 Å². The molecule has 1 N–H and O–H groups in total. The number of rotatable bonds is 4. The second-order valence-electron chi connectivity index (χ2n) is 7.13. The molecule has 0 aromatic carbocycles. The maximum Gasteiger partial charge on any atom is 0.410 e. The third-order valence-corrected chi connectivity index (χ3v) is 4.48. The third kappa shape index (κ3) is 5.85. The van der Waals surface area contributed by atoms with E-state index < -0.39 is 0 Å². The molecule has 0 aromatic rings. The molecule has 7 nitrogen and oxygen atoms in total. The number of hydrogen-bond acceptors (Lipinski definition) is 4. The van der Waals surface area contributed by atoms with Gasteiger partial charge in [-0.15, -0.1) is 0 Å². The van der Waals surface area contributed by atoms with Crippen molar-refractivity contribution in [1.82, 2.24) is 15.1 Å². The van der Waals surface area contributed by atoms with E-state index in [9.17, 15) is 9.59 Å². The second-order valence-corrected chi connectivity index (χ2v) is 7.13. The van der Waals surface area contributed by atoms with E-state index in [1.165, 1.54) is 0 Å². The highest BCUT2D eigenvalue weighted by molar-refractivity contribution is 5.74. The highest BCUT2D eigenvalue weighted by Gasteiger charge is 2.27. The molecule has 2 aliphatic rings. The zero-order chi connectivity index (χ0) is 17.5. The van der Waals surface area contributed by atoms with Gasteiger partial charge in [-0.25, -0.2) is 9.59 Å². The minimum Gasteiger partial charge on any atom is -0.446 e. The highest BCUT2D eigenvalue weighted by atomic mass is 16.6. The number of nitrogens with one attached hydrogen (secondary N) is 1. The number of piperidine rings is 1. The van der Waals surface area contributed by atoms with Crippen LogP contribution in [0.5, 0.6) is 0 Å². The first kappa shape index (κ1) is 18.8. The maximum absolute atomic E-state index is 12.2. The summed E-state index contributed by atoms with van der Waals surface area (Å²) >= 11 is 0. The minimum atomic E-state index is -0.235. The number of nitrogens with zero attached hydrogens (tertiary/aromatic N) is 2. The summed E-state index contributed by atoms with van der Waals surface area (Å²) in [4.78, 5) is 27.9. The standard InChI is InChI=1S/C17H31N3O4/c1-13(2)12-14(3)24-17(22)20-6-4-15(5-7-20)18-16(21)19-8-10-23-11-9-19/h13-15H,4-12H2,1-3H3,(H,18,21)/t14-/m0/s1. The van der Waals surface area contributed by atoms with E-state index >= 15 is 0 Å². The Labute approximate surface area is 144 Å². The van der Waals surface area contributed by atoms with Gasteiger partial charge >= 0.3 is 12.1 Å². The number of hydrogen-bond donors (Lipinski definition) is 1. The van der Waals surface area contributed by atoms with Crippen molar-refractivity contribution in [3.05, 3.63) is 0 Å². The van der Waals surface area contributed by atoms with E-state index in [1.54, 1.807) is 9.80 Å². The molecule has 0 unspecified atom stereocenters. The monoisotopic (exact) mass is 341 g/mol. The molecule has 2 saturated heterocycles. The summed E-state index contributed by atoms with van der Waals surface area (Å²) in [5, 5.41) is 3.07. The molecular formula is C17H31N3O4. The number of morpholine rings is 1. The van der Waals surface area contributed by atoms with Gasteiger partial charge in [0.1, 0.15) is 6.10 Å². The first-order valence-electron chi connectivity index (χ1n) is 9.04. The summed E-state index contributed by atoms with van der Waals surface area (Å²) in [6.07, 6.45) is 2.11. The summed E-state index contributed by atoms with van der Waals surface area (Å²) < 4.78 is 10.7. The Morgan fingerprint density at radius 1 is 1.08 bits per heavy atom. The summed E-state index contributed by atoms with van der Waals surface area (Å²) in [6, 6.07) is 0.0994. The summed E-state index contributed by atoms with van der Waals surface area (Å²) in [6.45, 7) is 9.92. The van der Waals surface area contributed by atoms with Crippen molar-refractivity contribution in [3.8, 4) is 0 Å². The molecule has 1 atom stereocenters. The van der Waals surface area contributed by atoms with Crippen molar-refractivity contribution in [2.75, 3.05) is 39.4 Å². The van der Waals surface area contributed by atoms with E-state index in [-0.39, 0.29) is 24.3 Å². The molecule has 2 heterocycles. The van der Waals surface area contributed by atoms with Crippen molar-refractivity contribution < 1.29 is 19.1 Å². The molecule has 3 amide bonds. The van der Waals surface area contributed by atoms with Gasteiger partial charge in [-0.2, -0.15) is 0 Å². The Morgan fingerprint density at radius 3 is 2.29 bits per heavy atom. The molecule has 0 aromatic heterocycles. The first-order valence-corrected chi connectivity index (χ1v) is 9.04. The van der Waals surface area contributed by atoms with Crippen LogP contribution in [-0.2, 0) is 9.47 Å².